The first-order valence-corrected chi connectivity index (χ1v) is 9.65. The summed E-state index contributed by atoms with van der Waals surface area (Å²) in [7, 11) is 2.73. The van der Waals surface area contributed by atoms with Crippen molar-refractivity contribution in [3.05, 3.63) is 86.1 Å². The molecular formula is C22H18Cl2N2O4. The van der Waals surface area contributed by atoms with Gasteiger partial charge in [-0.25, -0.2) is 9.48 Å². The van der Waals surface area contributed by atoms with Gasteiger partial charge in [-0.2, -0.15) is 5.10 Å². The molecule has 154 valence electrons. The van der Waals surface area contributed by atoms with E-state index in [1.807, 2.05) is 18.2 Å². The molecule has 1 aromatic heterocycles. The Hall–Kier alpha value is -3.09. The van der Waals surface area contributed by atoms with Gasteiger partial charge >= 0.3 is 5.97 Å². The fourth-order valence-corrected chi connectivity index (χ4v) is 3.13. The topological polar surface area (TPSA) is 70.4 Å². The fourth-order valence-electron chi connectivity index (χ4n) is 2.75. The monoisotopic (exact) mass is 444 g/mol. The lowest BCUT2D eigenvalue weighted by Gasteiger charge is -2.10. The molecule has 0 radical (unpaired) electrons. The van der Waals surface area contributed by atoms with Crippen LogP contribution in [0.4, 0.5) is 0 Å². The molecule has 0 spiro atoms. The lowest BCUT2D eigenvalue weighted by Crippen LogP contribution is -2.29. The third-order valence-corrected chi connectivity index (χ3v) is 4.83. The molecule has 0 fully saturated rings. The van der Waals surface area contributed by atoms with Crippen LogP contribution in [0.1, 0.15) is 15.9 Å². The maximum atomic E-state index is 12.7. The van der Waals surface area contributed by atoms with E-state index in [0.717, 1.165) is 5.56 Å². The van der Waals surface area contributed by atoms with E-state index in [4.69, 9.17) is 32.7 Å². The van der Waals surface area contributed by atoms with Crippen molar-refractivity contribution in [3.8, 4) is 17.0 Å². The molecule has 0 atom stereocenters. The normalized spacial score (nSPS) is 10.9. The van der Waals surface area contributed by atoms with Crippen LogP contribution in [0.15, 0.2) is 59.4 Å². The van der Waals surface area contributed by atoms with Crippen molar-refractivity contribution in [3.63, 3.8) is 0 Å². The zero-order valence-corrected chi connectivity index (χ0v) is 17.8. The Morgan fingerprint density at radius 2 is 1.83 bits per heavy atom. The Labute approximate surface area is 183 Å². The first-order valence-electron chi connectivity index (χ1n) is 8.89. The van der Waals surface area contributed by atoms with Crippen LogP contribution in [0, 0.1) is 0 Å². The first-order chi connectivity index (χ1) is 14.4. The van der Waals surface area contributed by atoms with Gasteiger partial charge in [-0.3, -0.25) is 4.79 Å². The van der Waals surface area contributed by atoms with Gasteiger partial charge in [0.25, 0.3) is 5.56 Å². The summed E-state index contributed by atoms with van der Waals surface area (Å²) >= 11 is 12.1. The standard InChI is InChI=1S/C22H18Cl2N2O4/c1-29-20-10-7-15(12-18(20)24)19-13-17(22(28)30-2)21(27)26(25-19)11-3-4-14-5-8-16(23)9-6-14/h3-10,12-13H,11H2,1-2H3. The number of esters is 1. The summed E-state index contributed by atoms with van der Waals surface area (Å²) in [5.74, 6) is -0.230. The number of carbonyl (C=O) groups is 1. The number of carbonyl (C=O) groups excluding carboxylic acids is 1. The lowest BCUT2D eigenvalue weighted by atomic mass is 10.1. The molecule has 8 heteroatoms. The second-order valence-electron chi connectivity index (χ2n) is 6.23. The van der Waals surface area contributed by atoms with Crippen LogP contribution in [0.25, 0.3) is 17.3 Å². The van der Waals surface area contributed by atoms with E-state index >= 15 is 0 Å². The smallest absolute Gasteiger partial charge is 0.343 e. The molecule has 0 aliphatic carbocycles. The molecule has 0 amide bonds. The molecule has 1 heterocycles. The van der Waals surface area contributed by atoms with Crippen molar-refractivity contribution in [1.82, 2.24) is 9.78 Å². The average molecular weight is 445 g/mol. The molecule has 30 heavy (non-hydrogen) atoms. The third kappa shape index (κ3) is 4.90. The van der Waals surface area contributed by atoms with Gasteiger partial charge in [0, 0.05) is 10.6 Å². The Morgan fingerprint density at radius 3 is 2.47 bits per heavy atom. The molecule has 3 aromatic rings. The molecule has 0 unspecified atom stereocenters. The molecular weight excluding hydrogens is 427 g/mol. The van der Waals surface area contributed by atoms with Gasteiger partial charge in [0.1, 0.15) is 11.3 Å². The Bertz CT molecular complexity index is 1150. The highest BCUT2D eigenvalue weighted by atomic mass is 35.5. The number of aromatic nitrogens is 2. The fraction of sp³-hybridized carbons (Fsp3) is 0.136. The predicted octanol–water partition coefficient (Wildman–Crippen LogP) is 4.73. The van der Waals surface area contributed by atoms with Crippen LogP contribution >= 0.6 is 23.2 Å². The molecule has 0 saturated heterocycles. The van der Waals surface area contributed by atoms with E-state index < -0.39 is 11.5 Å². The Kier molecular flexibility index (Phi) is 6.92. The third-order valence-electron chi connectivity index (χ3n) is 4.29. The van der Waals surface area contributed by atoms with Crippen molar-refractivity contribution >= 4 is 35.2 Å². The van der Waals surface area contributed by atoms with Crippen LogP contribution in [0.5, 0.6) is 5.75 Å². The average Bonchev–Trinajstić information content (AvgIpc) is 2.75. The van der Waals surface area contributed by atoms with Gasteiger partial charge in [0.15, 0.2) is 0 Å². The van der Waals surface area contributed by atoms with E-state index in [9.17, 15) is 9.59 Å². The number of methoxy groups -OCH3 is 2. The number of hydrogen-bond acceptors (Lipinski definition) is 5. The summed E-state index contributed by atoms with van der Waals surface area (Å²) in [6, 6.07) is 13.7. The van der Waals surface area contributed by atoms with Crippen LogP contribution in [0.3, 0.4) is 0 Å². The lowest BCUT2D eigenvalue weighted by molar-refractivity contribution is 0.0597. The molecule has 0 saturated carbocycles. The quantitative estimate of drug-likeness (QED) is 0.514. The molecule has 0 N–H and O–H groups in total. The summed E-state index contributed by atoms with van der Waals surface area (Å²) in [5, 5.41) is 5.41. The second-order valence-corrected chi connectivity index (χ2v) is 7.07. The first kappa shape index (κ1) is 21.6. The second kappa shape index (κ2) is 9.61. The zero-order valence-electron chi connectivity index (χ0n) is 16.3. The van der Waals surface area contributed by atoms with Crippen LogP contribution in [-0.2, 0) is 11.3 Å². The largest absolute Gasteiger partial charge is 0.495 e. The Morgan fingerprint density at radius 1 is 1.10 bits per heavy atom. The molecule has 0 aliphatic heterocycles. The van der Waals surface area contributed by atoms with E-state index in [1.54, 1.807) is 36.4 Å². The minimum absolute atomic E-state index is 0.116. The van der Waals surface area contributed by atoms with Crippen LogP contribution in [-0.4, -0.2) is 30.0 Å². The molecule has 0 bridgehead atoms. The number of allylic oxidation sites excluding steroid dienone is 1. The summed E-state index contributed by atoms with van der Waals surface area (Å²) in [5.41, 5.74) is 1.28. The highest BCUT2D eigenvalue weighted by molar-refractivity contribution is 6.32. The molecule has 2 aromatic carbocycles. The van der Waals surface area contributed by atoms with Gasteiger partial charge in [-0.1, -0.05) is 47.5 Å². The number of ether oxygens (including phenoxy) is 2. The number of benzene rings is 2. The summed E-state index contributed by atoms with van der Waals surface area (Å²) in [6.07, 6.45) is 3.60. The SMILES string of the molecule is COC(=O)c1cc(-c2ccc(OC)c(Cl)c2)nn(CC=Cc2ccc(Cl)cc2)c1=O. The molecule has 0 aliphatic rings. The summed E-state index contributed by atoms with van der Waals surface area (Å²) < 4.78 is 11.1. The van der Waals surface area contributed by atoms with Gasteiger partial charge in [-0.15, -0.1) is 0 Å². The van der Waals surface area contributed by atoms with E-state index in [1.165, 1.54) is 25.0 Å². The van der Waals surface area contributed by atoms with Crippen molar-refractivity contribution in [1.29, 1.82) is 0 Å². The minimum atomic E-state index is -0.737. The number of nitrogens with zero attached hydrogens (tertiary/aromatic N) is 2. The zero-order chi connectivity index (χ0) is 21.7. The van der Waals surface area contributed by atoms with E-state index in [-0.39, 0.29) is 12.1 Å². The summed E-state index contributed by atoms with van der Waals surface area (Å²) in [6.45, 7) is 0.156. The number of hydrogen-bond donors (Lipinski definition) is 0. The maximum absolute atomic E-state index is 12.7. The molecule has 6 nitrogen and oxygen atoms in total. The van der Waals surface area contributed by atoms with Gasteiger partial charge in [0.2, 0.25) is 0 Å². The maximum Gasteiger partial charge on any atom is 0.343 e. The number of halogens is 2. The van der Waals surface area contributed by atoms with E-state index in [2.05, 4.69) is 5.10 Å². The van der Waals surface area contributed by atoms with E-state index in [0.29, 0.717) is 27.1 Å². The van der Waals surface area contributed by atoms with Crippen LogP contribution in [0.2, 0.25) is 10.0 Å². The van der Waals surface area contributed by atoms with Crippen molar-refractivity contribution in [2.75, 3.05) is 14.2 Å². The van der Waals surface area contributed by atoms with Crippen molar-refractivity contribution in [2.45, 2.75) is 6.54 Å². The molecule has 3 rings (SSSR count). The minimum Gasteiger partial charge on any atom is -0.495 e. The highest BCUT2D eigenvalue weighted by Gasteiger charge is 2.17. The number of rotatable bonds is 6. The van der Waals surface area contributed by atoms with Crippen molar-refractivity contribution in [2.24, 2.45) is 0 Å². The van der Waals surface area contributed by atoms with Gasteiger partial charge in [0.05, 0.1) is 31.5 Å². The summed E-state index contributed by atoms with van der Waals surface area (Å²) in [4.78, 5) is 24.8. The van der Waals surface area contributed by atoms with Gasteiger partial charge < -0.3 is 9.47 Å². The van der Waals surface area contributed by atoms with Gasteiger partial charge in [-0.05, 0) is 42.0 Å². The highest BCUT2D eigenvalue weighted by Crippen LogP contribution is 2.29. The Balaban J connectivity index is 2.00. The van der Waals surface area contributed by atoms with Crippen molar-refractivity contribution < 1.29 is 14.3 Å². The predicted molar refractivity (Wildman–Crippen MR) is 117 cm³/mol. The van der Waals surface area contributed by atoms with Crippen LogP contribution < -0.4 is 10.3 Å².